The van der Waals surface area contributed by atoms with Crippen molar-refractivity contribution in [2.75, 3.05) is 6.61 Å². The molecule has 2 aromatic rings. The van der Waals surface area contributed by atoms with E-state index in [1.807, 2.05) is 13.8 Å². The molecule has 0 aromatic carbocycles. The van der Waals surface area contributed by atoms with E-state index in [0.717, 1.165) is 0 Å². The molecule has 0 aliphatic carbocycles. The number of nitrogens with zero attached hydrogens (tertiary/aromatic N) is 5. The SMILES string of the molecule is CC(C)Oc1ncnc2c1nnn2[C@H]1C[C@H](O)[C@@H](CO)O1. The van der Waals surface area contributed by atoms with Crippen molar-refractivity contribution in [3.8, 4) is 5.88 Å². The van der Waals surface area contributed by atoms with Gasteiger partial charge in [0, 0.05) is 6.42 Å². The van der Waals surface area contributed by atoms with Crippen LogP contribution in [0.1, 0.15) is 26.5 Å². The normalized spacial score (nSPS) is 25.9. The lowest BCUT2D eigenvalue weighted by Gasteiger charge is -2.12. The fourth-order valence-corrected chi connectivity index (χ4v) is 2.28. The highest BCUT2D eigenvalue weighted by Crippen LogP contribution is 2.30. The van der Waals surface area contributed by atoms with Crippen molar-refractivity contribution in [2.45, 2.75) is 44.8 Å². The van der Waals surface area contributed by atoms with Crippen molar-refractivity contribution in [2.24, 2.45) is 0 Å². The van der Waals surface area contributed by atoms with Crippen LogP contribution in [0.3, 0.4) is 0 Å². The molecule has 0 unspecified atom stereocenters. The Morgan fingerprint density at radius 1 is 1.48 bits per heavy atom. The fraction of sp³-hybridized carbons (Fsp3) is 0.667. The maximum Gasteiger partial charge on any atom is 0.247 e. The Morgan fingerprint density at radius 2 is 2.29 bits per heavy atom. The number of hydrogen-bond acceptors (Lipinski definition) is 8. The van der Waals surface area contributed by atoms with Crippen LogP contribution in [0, 0.1) is 0 Å². The molecule has 9 nitrogen and oxygen atoms in total. The van der Waals surface area contributed by atoms with Crippen LogP contribution in [-0.2, 0) is 4.74 Å². The number of aliphatic hydroxyl groups excluding tert-OH is 2. The van der Waals surface area contributed by atoms with Gasteiger partial charge in [0.1, 0.15) is 12.4 Å². The van der Waals surface area contributed by atoms with Crippen LogP contribution in [0.25, 0.3) is 11.2 Å². The Labute approximate surface area is 120 Å². The predicted octanol–water partition coefficient (Wildman–Crippen LogP) is -0.351. The van der Waals surface area contributed by atoms with Gasteiger partial charge in [-0.15, -0.1) is 5.10 Å². The number of hydrogen-bond donors (Lipinski definition) is 2. The van der Waals surface area contributed by atoms with Crippen LogP contribution in [0.2, 0.25) is 0 Å². The first-order valence-corrected chi connectivity index (χ1v) is 6.77. The highest BCUT2D eigenvalue weighted by molar-refractivity contribution is 5.74. The van der Waals surface area contributed by atoms with Crippen molar-refractivity contribution in [1.82, 2.24) is 25.0 Å². The van der Waals surface area contributed by atoms with Gasteiger partial charge >= 0.3 is 0 Å². The topological polar surface area (TPSA) is 115 Å². The smallest absolute Gasteiger partial charge is 0.247 e. The van der Waals surface area contributed by atoms with E-state index in [9.17, 15) is 5.11 Å². The first kappa shape index (κ1) is 14.1. The first-order valence-electron chi connectivity index (χ1n) is 6.77. The summed E-state index contributed by atoms with van der Waals surface area (Å²) in [5, 5.41) is 27.0. The zero-order valence-corrected chi connectivity index (χ0v) is 11.7. The molecule has 1 aliphatic heterocycles. The third-order valence-electron chi connectivity index (χ3n) is 3.23. The maximum absolute atomic E-state index is 9.80. The number of fused-ring (bicyclic) bond motifs is 1. The van der Waals surface area contributed by atoms with Crippen LogP contribution in [0.5, 0.6) is 5.88 Å². The molecule has 0 bridgehead atoms. The molecule has 3 heterocycles. The highest BCUT2D eigenvalue weighted by atomic mass is 16.5. The number of rotatable bonds is 4. The van der Waals surface area contributed by atoms with Gasteiger partial charge in [-0.1, -0.05) is 5.21 Å². The standard InChI is InChI=1S/C12H17N5O4/c1-6(2)20-12-10-11(13-5-14-12)17(16-15-10)9-3-7(19)8(4-18)21-9/h5-9,18-19H,3-4H2,1-2H3/t7-,8+,9+/m0/s1. The average Bonchev–Trinajstić information content (AvgIpc) is 3.02. The molecule has 2 aromatic heterocycles. The summed E-state index contributed by atoms with van der Waals surface area (Å²) >= 11 is 0. The summed E-state index contributed by atoms with van der Waals surface area (Å²) in [5.74, 6) is 0.360. The van der Waals surface area contributed by atoms with Crippen LogP contribution in [0.15, 0.2) is 6.33 Å². The van der Waals surface area contributed by atoms with Crippen LogP contribution >= 0.6 is 0 Å². The molecule has 0 saturated carbocycles. The van der Waals surface area contributed by atoms with Crippen molar-refractivity contribution >= 4 is 11.2 Å². The second-order valence-electron chi connectivity index (χ2n) is 5.17. The lowest BCUT2D eigenvalue weighted by atomic mass is 10.2. The van der Waals surface area contributed by atoms with Crippen molar-refractivity contribution in [3.05, 3.63) is 6.33 Å². The molecule has 0 amide bonds. The Kier molecular flexibility index (Phi) is 3.70. The summed E-state index contributed by atoms with van der Waals surface area (Å²) in [5.41, 5.74) is 0.910. The van der Waals surface area contributed by atoms with Crippen molar-refractivity contribution < 1.29 is 19.7 Å². The number of aliphatic hydroxyl groups is 2. The predicted molar refractivity (Wildman–Crippen MR) is 70.5 cm³/mol. The molecule has 0 spiro atoms. The van der Waals surface area contributed by atoms with E-state index in [2.05, 4.69) is 20.3 Å². The van der Waals surface area contributed by atoms with Gasteiger partial charge in [0.15, 0.2) is 17.4 Å². The molecule has 3 atom stereocenters. The summed E-state index contributed by atoms with van der Waals surface area (Å²) in [6, 6.07) is 0. The molecular formula is C12H17N5O4. The molecule has 1 aliphatic rings. The van der Waals surface area contributed by atoms with Crippen LogP contribution in [-0.4, -0.2) is 60.1 Å². The van der Waals surface area contributed by atoms with Crippen molar-refractivity contribution in [1.29, 1.82) is 0 Å². The largest absolute Gasteiger partial charge is 0.473 e. The average molecular weight is 295 g/mol. The minimum absolute atomic E-state index is 0.0448. The summed E-state index contributed by atoms with van der Waals surface area (Å²) in [6.45, 7) is 3.53. The second kappa shape index (κ2) is 5.51. The maximum atomic E-state index is 9.80. The van der Waals surface area contributed by atoms with E-state index in [4.69, 9.17) is 14.6 Å². The number of ether oxygens (including phenoxy) is 2. The molecule has 1 fully saturated rings. The van der Waals surface area contributed by atoms with Gasteiger partial charge in [-0.2, -0.15) is 9.67 Å². The van der Waals surface area contributed by atoms with Crippen LogP contribution < -0.4 is 4.74 Å². The Bertz CT molecular complexity index is 631. The quantitative estimate of drug-likeness (QED) is 0.786. The molecule has 114 valence electrons. The second-order valence-corrected chi connectivity index (χ2v) is 5.17. The zero-order valence-electron chi connectivity index (χ0n) is 11.7. The molecular weight excluding hydrogens is 278 g/mol. The van der Waals surface area contributed by atoms with Gasteiger partial charge in [0.2, 0.25) is 5.88 Å². The Balaban J connectivity index is 1.94. The van der Waals surface area contributed by atoms with Crippen molar-refractivity contribution in [3.63, 3.8) is 0 Å². The van der Waals surface area contributed by atoms with Gasteiger partial charge in [-0.3, -0.25) is 0 Å². The summed E-state index contributed by atoms with van der Waals surface area (Å²) in [6.07, 6.45) is -0.251. The van der Waals surface area contributed by atoms with Gasteiger partial charge in [0.05, 0.1) is 18.8 Å². The van der Waals surface area contributed by atoms with E-state index in [-0.39, 0.29) is 12.7 Å². The minimum atomic E-state index is -0.743. The van der Waals surface area contributed by atoms with Gasteiger partial charge in [0.25, 0.3) is 0 Å². The molecule has 0 radical (unpaired) electrons. The molecule has 21 heavy (non-hydrogen) atoms. The van der Waals surface area contributed by atoms with Gasteiger partial charge in [-0.25, -0.2) is 4.98 Å². The summed E-state index contributed by atoms with van der Waals surface area (Å²) in [4.78, 5) is 8.21. The first-order chi connectivity index (χ1) is 10.1. The van der Waals surface area contributed by atoms with E-state index in [1.54, 1.807) is 0 Å². The lowest BCUT2D eigenvalue weighted by Crippen LogP contribution is -2.24. The molecule has 2 N–H and O–H groups in total. The lowest BCUT2D eigenvalue weighted by molar-refractivity contribution is -0.0476. The Hall–Kier alpha value is -1.84. The zero-order chi connectivity index (χ0) is 15.0. The molecule has 1 saturated heterocycles. The summed E-state index contributed by atoms with van der Waals surface area (Å²) in [7, 11) is 0. The molecule has 3 rings (SSSR count). The highest BCUT2D eigenvalue weighted by Gasteiger charge is 2.36. The third kappa shape index (κ3) is 2.55. The Morgan fingerprint density at radius 3 is 2.95 bits per heavy atom. The van der Waals surface area contributed by atoms with E-state index < -0.39 is 18.4 Å². The number of aromatic nitrogens is 5. The van der Waals surface area contributed by atoms with Crippen LogP contribution in [0.4, 0.5) is 0 Å². The van der Waals surface area contributed by atoms with E-state index >= 15 is 0 Å². The van der Waals surface area contributed by atoms with Gasteiger partial charge in [-0.05, 0) is 13.8 Å². The fourth-order valence-electron chi connectivity index (χ4n) is 2.28. The van der Waals surface area contributed by atoms with E-state index in [0.29, 0.717) is 23.5 Å². The summed E-state index contributed by atoms with van der Waals surface area (Å²) < 4.78 is 12.6. The molecule has 9 heteroatoms. The third-order valence-corrected chi connectivity index (χ3v) is 3.23. The van der Waals surface area contributed by atoms with E-state index in [1.165, 1.54) is 11.0 Å². The monoisotopic (exact) mass is 295 g/mol. The minimum Gasteiger partial charge on any atom is -0.473 e. The van der Waals surface area contributed by atoms with Gasteiger partial charge < -0.3 is 19.7 Å².